The average Bonchev–Trinajstić information content (AvgIpc) is 2.41. The highest BCUT2D eigenvalue weighted by molar-refractivity contribution is 7.16. The highest BCUT2D eigenvalue weighted by Crippen LogP contribution is 2.34. The van der Waals surface area contributed by atoms with Crippen LogP contribution in [0.4, 0.5) is 0 Å². The monoisotopic (exact) mass is 320 g/mol. The van der Waals surface area contributed by atoms with Gasteiger partial charge in [-0.3, -0.25) is 4.79 Å². The second-order valence-corrected chi connectivity index (χ2v) is 8.28. The number of Topliss-reactive ketones (excluding diaryl/α,β-unsaturated/α-hetero) is 1. The Kier molecular flexibility index (Phi) is 6.39. The van der Waals surface area contributed by atoms with Gasteiger partial charge >= 0.3 is 0 Å². The fourth-order valence-electron chi connectivity index (χ4n) is 3.54. The molecule has 1 rings (SSSR count). The van der Waals surface area contributed by atoms with Gasteiger partial charge in [0.25, 0.3) is 0 Å². The van der Waals surface area contributed by atoms with Gasteiger partial charge in [-0.05, 0) is 86.4 Å². The van der Waals surface area contributed by atoms with E-state index in [1.807, 2.05) is 0 Å². The molecule has 0 fully saturated rings. The maximum Gasteiger partial charge on any atom is 0.163 e. The molecule has 0 heterocycles. The molecule has 0 aliphatic rings. The zero-order valence-corrected chi connectivity index (χ0v) is 16.8. The summed E-state index contributed by atoms with van der Waals surface area (Å²) in [6.07, 6.45) is 2.81. The Hall–Kier alpha value is -0.680. The first-order chi connectivity index (χ1) is 10.0. The molecule has 22 heavy (non-hydrogen) atoms. The molecule has 0 saturated heterocycles. The Morgan fingerprint density at radius 2 is 1.36 bits per heavy atom. The fraction of sp³-hybridized carbons (Fsp3) is 0.650. The number of ketones is 1. The Bertz CT molecular complexity index is 541. The third-order valence-corrected chi connectivity index (χ3v) is 6.03. The molecular formula is C20H33OP. The molecule has 0 saturated carbocycles. The van der Waals surface area contributed by atoms with Crippen LogP contribution in [0, 0.1) is 46.0 Å². The van der Waals surface area contributed by atoms with Gasteiger partial charge in [0, 0.05) is 12.0 Å². The lowest BCUT2D eigenvalue weighted by molar-refractivity contribution is 0.0916. The van der Waals surface area contributed by atoms with Crippen molar-refractivity contribution in [3.63, 3.8) is 0 Å². The minimum Gasteiger partial charge on any atom is -0.294 e. The first-order valence-electron chi connectivity index (χ1n) is 8.32. The van der Waals surface area contributed by atoms with E-state index >= 15 is 0 Å². The van der Waals surface area contributed by atoms with Crippen LogP contribution in [0.3, 0.4) is 0 Å². The number of hydrogen-bond acceptors (Lipinski definition) is 1. The zero-order valence-electron chi connectivity index (χ0n) is 15.7. The van der Waals surface area contributed by atoms with Gasteiger partial charge < -0.3 is 0 Å². The molecule has 2 heteroatoms. The normalized spacial score (nSPS) is 13.3. The van der Waals surface area contributed by atoms with Gasteiger partial charge in [-0.1, -0.05) is 20.8 Å². The lowest BCUT2D eigenvalue weighted by Gasteiger charge is -2.28. The van der Waals surface area contributed by atoms with Crippen molar-refractivity contribution in [2.24, 2.45) is 11.3 Å². The van der Waals surface area contributed by atoms with E-state index in [1.165, 1.54) is 27.8 Å². The van der Waals surface area contributed by atoms with E-state index in [9.17, 15) is 4.79 Å². The molecule has 0 aliphatic heterocycles. The summed E-state index contributed by atoms with van der Waals surface area (Å²) in [6.45, 7) is 17.3. The van der Waals surface area contributed by atoms with Gasteiger partial charge in [-0.15, -0.1) is 9.24 Å². The van der Waals surface area contributed by atoms with Gasteiger partial charge in [-0.25, -0.2) is 0 Å². The summed E-state index contributed by atoms with van der Waals surface area (Å²) in [6, 6.07) is 0. The van der Waals surface area contributed by atoms with E-state index in [0.717, 1.165) is 18.1 Å². The smallest absolute Gasteiger partial charge is 0.163 e. The number of benzene rings is 1. The van der Waals surface area contributed by atoms with Crippen LogP contribution >= 0.6 is 9.24 Å². The number of carbonyl (C=O) groups is 1. The first kappa shape index (κ1) is 19.4. The summed E-state index contributed by atoms with van der Waals surface area (Å²) in [4.78, 5) is 13.0. The standard InChI is InChI=1S/C20H33OP/c1-12(11-22)9-20(7,8)10-18(21)19-16(5)14(3)13(2)15(4)17(19)6/h12H,9-11,22H2,1-8H3. The Morgan fingerprint density at radius 1 is 0.955 bits per heavy atom. The molecule has 0 N–H and O–H groups in total. The van der Waals surface area contributed by atoms with Crippen molar-refractivity contribution in [2.75, 3.05) is 6.16 Å². The number of carbonyl (C=O) groups excluding carboxylic acids is 1. The third kappa shape index (κ3) is 4.19. The van der Waals surface area contributed by atoms with Crippen molar-refractivity contribution in [2.45, 2.75) is 68.2 Å². The Morgan fingerprint density at radius 3 is 1.77 bits per heavy atom. The van der Waals surface area contributed by atoms with Crippen LogP contribution in [0.1, 0.15) is 71.8 Å². The summed E-state index contributed by atoms with van der Waals surface area (Å²) in [5.41, 5.74) is 7.21. The van der Waals surface area contributed by atoms with E-state index in [1.54, 1.807) is 0 Å². The molecule has 0 aromatic heterocycles. The zero-order chi connectivity index (χ0) is 17.2. The van der Waals surface area contributed by atoms with Crippen LogP contribution in [0.25, 0.3) is 0 Å². The molecule has 2 atom stereocenters. The van der Waals surface area contributed by atoms with Crippen LogP contribution in [-0.2, 0) is 0 Å². The topological polar surface area (TPSA) is 17.1 Å². The van der Waals surface area contributed by atoms with E-state index in [4.69, 9.17) is 0 Å². The lowest BCUT2D eigenvalue weighted by Crippen LogP contribution is -2.22. The molecule has 1 nitrogen and oxygen atoms in total. The van der Waals surface area contributed by atoms with Crippen molar-refractivity contribution in [1.29, 1.82) is 0 Å². The van der Waals surface area contributed by atoms with Gasteiger partial charge in [0.1, 0.15) is 0 Å². The molecule has 0 aliphatic carbocycles. The first-order valence-corrected chi connectivity index (χ1v) is 9.13. The predicted molar refractivity (Wildman–Crippen MR) is 101 cm³/mol. The molecule has 1 aromatic carbocycles. The Balaban J connectivity index is 3.15. The fourth-order valence-corrected chi connectivity index (χ4v) is 3.71. The third-order valence-electron chi connectivity index (χ3n) is 5.22. The van der Waals surface area contributed by atoms with Gasteiger partial charge in [0.2, 0.25) is 0 Å². The summed E-state index contributed by atoms with van der Waals surface area (Å²) < 4.78 is 0. The quantitative estimate of drug-likeness (QED) is 0.483. The minimum atomic E-state index is 0.0542. The number of rotatable bonds is 6. The van der Waals surface area contributed by atoms with Gasteiger partial charge in [-0.2, -0.15) is 0 Å². The molecule has 124 valence electrons. The van der Waals surface area contributed by atoms with Crippen LogP contribution in [0.15, 0.2) is 0 Å². The van der Waals surface area contributed by atoms with Crippen LogP contribution in [-0.4, -0.2) is 11.9 Å². The Labute approximate surface area is 139 Å². The van der Waals surface area contributed by atoms with E-state index in [0.29, 0.717) is 18.1 Å². The van der Waals surface area contributed by atoms with Crippen LogP contribution in [0.2, 0.25) is 0 Å². The molecule has 0 bridgehead atoms. The SMILES string of the molecule is Cc1c(C)c(C)c(C(=O)CC(C)(C)CC(C)CP)c(C)c1C. The van der Waals surface area contributed by atoms with Gasteiger partial charge in [0.15, 0.2) is 5.78 Å². The molecule has 0 spiro atoms. The maximum atomic E-state index is 13.0. The van der Waals surface area contributed by atoms with E-state index < -0.39 is 0 Å². The minimum absolute atomic E-state index is 0.0542. The van der Waals surface area contributed by atoms with Crippen molar-refractivity contribution in [3.8, 4) is 0 Å². The van der Waals surface area contributed by atoms with Crippen molar-refractivity contribution < 1.29 is 4.79 Å². The van der Waals surface area contributed by atoms with Crippen molar-refractivity contribution >= 4 is 15.0 Å². The second-order valence-electron chi connectivity index (χ2n) is 7.81. The maximum absolute atomic E-state index is 13.0. The summed E-state index contributed by atoms with van der Waals surface area (Å²) >= 11 is 0. The predicted octanol–water partition coefficient (Wildman–Crippen LogP) is 5.73. The molecule has 1 aromatic rings. The highest BCUT2D eigenvalue weighted by Gasteiger charge is 2.27. The van der Waals surface area contributed by atoms with E-state index in [-0.39, 0.29) is 5.41 Å². The van der Waals surface area contributed by atoms with Crippen molar-refractivity contribution in [1.82, 2.24) is 0 Å². The molecule has 0 radical (unpaired) electrons. The number of hydrogen-bond donors (Lipinski definition) is 0. The van der Waals surface area contributed by atoms with E-state index in [2.05, 4.69) is 64.6 Å². The largest absolute Gasteiger partial charge is 0.294 e. The average molecular weight is 320 g/mol. The molecular weight excluding hydrogens is 287 g/mol. The highest BCUT2D eigenvalue weighted by atomic mass is 31.0. The second kappa shape index (κ2) is 7.26. The lowest BCUT2D eigenvalue weighted by atomic mass is 9.77. The van der Waals surface area contributed by atoms with Crippen LogP contribution in [0.5, 0.6) is 0 Å². The summed E-state index contributed by atoms with van der Waals surface area (Å²) in [5, 5.41) is 0. The van der Waals surface area contributed by atoms with Crippen LogP contribution < -0.4 is 0 Å². The molecule has 0 amide bonds. The van der Waals surface area contributed by atoms with Gasteiger partial charge in [0.05, 0.1) is 0 Å². The summed E-state index contributed by atoms with van der Waals surface area (Å²) in [7, 11) is 2.81. The molecule has 2 unspecified atom stereocenters. The summed E-state index contributed by atoms with van der Waals surface area (Å²) in [5.74, 6) is 0.943. The van der Waals surface area contributed by atoms with Crippen molar-refractivity contribution in [3.05, 3.63) is 33.4 Å².